The number of ether oxygens (including phenoxy) is 2. The maximum atomic E-state index is 13.7. The van der Waals surface area contributed by atoms with Crippen LogP contribution >= 0.6 is 11.6 Å². The number of benzene rings is 1. The van der Waals surface area contributed by atoms with E-state index < -0.39 is 21.2 Å². The Labute approximate surface area is 335 Å². The Balaban J connectivity index is 1.23. The van der Waals surface area contributed by atoms with Gasteiger partial charge in [-0.1, -0.05) is 44.0 Å². The predicted octanol–water partition coefficient (Wildman–Crippen LogP) is 7.92. The molecule has 1 aromatic carbocycles. The lowest BCUT2D eigenvalue weighted by Crippen LogP contribution is -2.57. The van der Waals surface area contributed by atoms with Gasteiger partial charge in [0.15, 0.2) is 0 Å². The van der Waals surface area contributed by atoms with Gasteiger partial charge in [0.1, 0.15) is 5.75 Å². The van der Waals surface area contributed by atoms with Crippen molar-refractivity contribution in [3.63, 3.8) is 0 Å². The number of anilines is 1. The van der Waals surface area contributed by atoms with Crippen LogP contribution in [0.1, 0.15) is 108 Å². The zero-order valence-electron chi connectivity index (χ0n) is 33.8. The van der Waals surface area contributed by atoms with Crippen LogP contribution in [0.2, 0.25) is 0 Å². The highest BCUT2D eigenvalue weighted by molar-refractivity contribution is 7.90. The minimum atomic E-state index is -3.92. The minimum absolute atomic E-state index is 0.123. The zero-order valence-corrected chi connectivity index (χ0v) is 35.4. The molecule has 6 aliphatic rings. The molecule has 0 aromatic heterocycles. The molecule has 4 aliphatic heterocycles. The predicted molar refractivity (Wildman–Crippen MR) is 222 cm³/mol. The molecule has 55 heavy (non-hydrogen) atoms. The van der Waals surface area contributed by atoms with Gasteiger partial charge in [-0.3, -0.25) is 9.69 Å². The Hall–Kier alpha value is -2.37. The van der Waals surface area contributed by atoms with Crippen molar-refractivity contribution in [2.24, 2.45) is 23.2 Å². The summed E-state index contributed by atoms with van der Waals surface area (Å²) in [6.07, 6.45) is 16.5. The Bertz CT molecular complexity index is 1770. The summed E-state index contributed by atoms with van der Waals surface area (Å²) in [4.78, 5) is 21.5. The van der Waals surface area contributed by atoms with Gasteiger partial charge in [-0.2, -0.15) is 0 Å². The van der Waals surface area contributed by atoms with Crippen LogP contribution in [0.15, 0.2) is 53.1 Å². The Morgan fingerprint density at radius 3 is 2.67 bits per heavy atom. The fourth-order valence-corrected chi connectivity index (χ4v) is 12.3. The van der Waals surface area contributed by atoms with Gasteiger partial charge in [-0.25, -0.2) is 13.1 Å². The van der Waals surface area contributed by atoms with Crippen molar-refractivity contribution in [2.45, 2.75) is 115 Å². The second-order valence-electron chi connectivity index (χ2n) is 17.8. The fraction of sp³-hybridized carbons (Fsp3) is 0.705. The number of nitrogens with zero attached hydrogens (tertiary/aromatic N) is 3. The number of halogens is 1. The third-order valence-corrected chi connectivity index (χ3v) is 17.0. The largest absolute Gasteiger partial charge is 0.490 e. The molecular weight excluding hydrogens is 732 g/mol. The molecule has 11 heteroatoms. The highest BCUT2D eigenvalue weighted by Crippen LogP contribution is 2.52. The number of rotatable bonds is 5. The molecule has 2 bridgehead atoms. The second kappa shape index (κ2) is 16.8. The summed E-state index contributed by atoms with van der Waals surface area (Å²) in [7, 11) is -2.00. The first-order valence-corrected chi connectivity index (χ1v) is 23.1. The van der Waals surface area contributed by atoms with Gasteiger partial charge >= 0.3 is 0 Å². The van der Waals surface area contributed by atoms with E-state index >= 15 is 0 Å². The molecule has 2 aliphatic carbocycles. The molecule has 1 aromatic rings. The third kappa shape index (κ3) is 8.46. The molecule has 1 N–H and O–H groups in total. The number of sulfonamides is 1. The number of nitrogens with one attached hydrogen (secondary N) is 1. The van der Waals surface area contributed by atoms with Crippen LogP contribution in [0, 0.1) is 23.2 Å². The van der Waals surface area contributed by atoms with Crippen molar-refractivity contribution >= 4 is 33.2 Å². The van der Waals surface area contributed by atoms with E-state index in [0.29, 0.717) is 47.4 Å². The standard InChI is InChI=1S/C44H65ClN4O5S/c1-6-37(45)25-34-12-10-18-43(32(34)3)29-49-27-36-14-16-39(36)44(53-5,20-22-47-23-24-48-21-8-7-13-38(48)28-47)19-9-11-31(2)33(4)55(51,52)46-42(50)35-15-17-41(54-30-43)40(49)26-35/h6,15,17,25-26,31,33,36,38-39H,3,7-14,16,18-24,27-30H2,1-2,4-5H3,(H,46,50)/b34-25-,37-6+/t31-,33+,36-,38+,39+,43-,44-/m0/s1. The summed E-state index contributed by atoms with van der Waals surface area (Å²) in [5.74, 6) is 0.748. The van der Waals surface area contributed by atoms with Crippen molar-refractivity contribution in [2.75, 3.05) is 64.4 Å². The highest BCUT2D eigenvalue weighted by Gasteiger charge is 2.50. The fourth-order valence-electron chi connectivity index (χ4n) is 10.8. The summed E-state index contributed by atoms with van der Waals surface area (Å²) >= 11 is 6.55. The molecule has 1 amide bonds. The van der Waals surface area contributed by atoms with E-state index in [4.69, 9.17) is 27.7 Å². The number of methoxy groups -OCH3 is 1. The minimum Gasteiger partial charge on any atom is -0.490 e. The highest BCUT2D eigenvalue weighted by atomic mass is 35.5. The third-order valence-electron chi connectivity index (χ3n) is 14.8. The van der Waals surface area contributed by atoms with E-state index in [0.717, 1.165) is 102 Å². The van der Waals surface area contributed by atoms with Gasteiger partial charge in [-0.05, 0) is 138 Å². The maximum absolute atomic E-state index is 13.7. The van der Waals surface area contributed by atoms with Crippen LogP contribution in [0.25, 0.3) is 0 Å². The van der Waals surface area contributed by atoms with E-state index in [1.165, 1.54) is 31.4 Å². The van der Waals surface area contributed by atoms with E-state index in [-0.39, 0.29) is 16.9 Å². The van der Waals surface area contributed by atoms with Crippen LogP contribution in [0.4, 0.5) is 5.69 Å². The van der Waals surface area contributed by atoms with E-state index in [2.05, 4.69) is 25.5 Å². The van der Waals surface area contributed by atoms with Crippen molar-refractivity contribution in [3.8, 4) is 5.75 Å². The van der Waals surface area contributed by atoms with Crippen LogP contribution in [0.3, 0.4) is 0 Å². The molecule has 4 heterocycles. The first-order valence-electron chi connectivity index (χ1n) is 21.2. The number of hydrogen-bond donors (Lipinski definition) is 1. The average Bonchev–Trinajstić information content (AvgIpc) is 3.32. The molecule has 4 fully saturated rings. The lowest BCUT2D eigenvalue weighted by Gasteiger charge is -2.53. The van der Waals surface area contributed by atoms with E-state index in [1.807, 2.05) is 39.2 Å². The Morgan fingerprint density at radius 1 is 1.07 bits per heavy atom. The first-order chi connectivity index (χ1) is 26.4. The number of fused-ring (bicyclic) bond motifs is 3. The summed E-state index contributed by atoms with van der Waals surface area (Å²) in [5.41, 5.74) is 2.74. The van der Waals surface area contributed by atoms with Gasteiger partial charge in [-0.15, -0.1) is 0 Å². The smallest absolute Gasteiger partial charge is 0.264 e. The van der Waals surface area contributed by atoms with Crippen LogP contribution < -0.4 is 14.4 Å². The molecule has 1 spiro atoms. The number of carbonyl (C=O) groups is 1. The second-order valence-corrected chi connectivity index (χ2v) is 20.3. The Morgan fingerprint density at radius 2 is 1.91 bits per heavy atom. The molecule has 7 rings (SSSR count). The molecule has 7 atom stereocenters. The first kappa shape index (κ1) is 40.8. The quantitative estimate of drug-likeness (QED) is 0.322. The summed E-state index contributed by atoms with van der Waals surface area (Å²) in [5, 5.41) is -0.0140. The van der Waals surface area contributed by atoms with Crippen molar-refractivity contribution in [3.05, 3.63) is 58.7 Å². The van der Waals surface area contributed by atoms with Crippen LogP contribution in [-0.4, -0.2) is 101 Å². The van der Waals surface area contributed by atoms with Gasteiger partial charge in [0.05, 0.1) is 23.1 Å². The number of hydrogen-bond acceptors (Lipinski definition) is 8. The normalized spacial score (nSPS) is 35.9. The van der Waals surface area contributed by atoms with Crippen LogP contribution in [-0.2, 0) is 14.8 Å². The summed E-state index contributed by atoms with van der Waals surface area (Å²) in [6.45, 7) is 18.0. The molecule has 2 saturated heterocycles. The summed E-state index contributed by atoms with van der Waals surface area (Å²) in [6, 6.07) is 6.06. The van der Waals surface area contributed by atoms with Crippen molar-refractivity contribution < 1.29 is 22.7 Å². The van der Waals surface area contributed by atoms with E-state index in [9.17, 15) is 13.2 Å². The number of piperazine rings is 1. The topological polar surface area (TPSA) is 91.4 Å². The van der Waals surface area contributed by atoms with Gasteiger partial charge in [0.25, 0.3) is 5.91 Å². The number of carbonyl (C=O) groups excluding carboxylic acids is 1. The van der Waals surface area contributed by atoms with Gasteiger partial charge < -0.3 is 19.3 Å². The van der Waals surface area contributed by atoms with Crippen LogP contribution in [0.5, 0.6) is 5.75 Å². The molecule has 304 valence electrons. The number of piperidine rings is 1. The number of allylic oxidation sites excluding steroid dienone is 4. The summed E-state index contributed by atoms with van der Waals surface area (Å²) < 4.78 is 43.3. The van der Waals surface area contributed by atoms with Crippen molar-refractivity contribution in [1.82, 2.24) is 14.5 Å². The number of amides is 1. The molecule has 0 unspecified atom stereocenters. The van der Waals surface area contributed by atoms with Gasteiger partial charge in [0.2, 0.25) is 10.0 Å². The van der Waals surface area contributed by atoms with Crippen molar-refractivity contribution in [1.29, 1.82) is 0 Å². The average molecular weight is 798 g/mol. The maximum Gasteiger partial charge on any atom is 0.264 e. The lowest BCUT2D eigenvalue weighted by atomic mass is 9.61. The molecule has 2 saturated carbocycles. The monoisotopic (exact) mass is 796 g/mol. The SMILES string of the molecule is C=C1/C(=C\C(Cl)=C/C)CCC[C@]12COc1ccc3cc1N(C[C@@H]1CC[C@H]1[C@](CCN1CCN4CCCC[C@@H]4C1)(OC)CCC[C@H](C)[C@@H](C)S(=O)(=O)NC3=O)C2. The molecule has 9 nitrogen and oxygen atoms in total. The molecule has 0 radical (unpaired) electrons. The molecular formula is C44H65ClN4O5S. The zero-order chi connectivity index (χ0) is 39.0. The lowest BCUT2D eigenvalue weighted by molar-refractivity contribution is -0.125. The van der Waals surface area contributed by atoms with E-state index in [1.54, 1.807) is 13.0 Å². The Kier molecular flexibility index (Phi) is 12.5. The van der Waals surface area contributed by atoms with Gasteiger partial charge in [0, 0.05) is 68.4 Å².